The number of nitriles is 1. The van der Waals surface area contributed by atoms with Gasteiger partial charge in [0.2, 0.25) is 5.82 Å². The SMILES string of the molecule is N#Cc1cc(-n2c3ccccc3c3ccc(-c4cccnc4-c4ccccc4)cc32)c(-n2c3ccccc3c3ccc(-c4cccnc4-c4ccccc4)cc32)cc1-c1c(F)c(F)c(F)c(F)c1F. The molecule has 0 amide bonds. The Labute approximate surface area is 390 Å². The monoisotopic (exact) mass is 905 g/mol. The Morgan fingerprint density at radius 2 is 0.783 bits per heavy atom. The normalized spacial score (nSPS) is 11.5. The molecule has 12 aromatic rings. The molecule has 5 nitrogen and oxygen atoms in total. The van der Waals surface area contributed by atoms with Crippen molar-refractivity contribution >= 4 is 43.6 Å². The Kier molecular flexibility index (Phi) is 9.74. The minimum atomic E-state index is -2.30. The molecule has 328 valence electrons. The lowest BCUT2D eigenvalue weighted by Gasteiger charge is -2.20. The summed E-state index contributed by atoms with van der Waals surface area (Å²) in [4.78, 5) is 9.57. The minimum absolute atomic E-state index is 0.296. The Hall–Kier alpha value is -9.20. The molecule has 0 atom stereocenters. The molecule has 10 heteroatoms. The van der Waals surface area contributed by atoms with E-state index in [1.807, 2.05) is 179 Å². The third-order valence-electron chi connectivity index (χ3n) is 12.9. The van der Waals surface area contributed by atoms with Crippen molar-refractivity contribution in [3.63, 3.8) is 0 Å². The highest BCUT2D eigenvalue weighted by atomic mass is 19.2. The number of aromatic nitrogens is 4. The van der Waals surface area contributed by atoms with Gasteiger partial charge in [-0.25, -0.2) is 22.0 Å². The Bertz CT molecular complexity index is 4070. The van der Waals surface area contributed by atoms with Crippen LogP contribution in [0.25, 0.3) is 111 Å². The summed E-state index contributed by atoms with van der Waals surface area (Å²) in [5.74, 6) is -10.6. The van der Waals surface area contributed by atoms with Crippen LogP contribution in [0, 0.1) is 40.4 Å². The molecule has 0 saturated carbocycles. The van der Waals surface area contributed by atoms with E-state index in [0.29, 0.717) is 22.4 Å². The molecule has 4 aromatic heterocycles. The second kappa shape index (κ2) is 16.3. The zero-order valence-electron chi connectivity index (χ0n) is 36.1. The molecule has 8 aromatic carbocycles. The summed E-state index contributed by atoms with van der Waals surface area (Å²) in [5, 5.41) is 14.3. The van der Waals surface area contributed by atoms with E-state index in [1.54, 1.807) is 12.4 Å². The number of benzene rings is 8. The fourth-order valence-corrected chi connectivity index (χ4v) is 9.80. The van der Waals surface area contributed by atoms with Crippen LogP contribution >= 0.6 is 0 Å². The van der Waals surface area contributed by atoms with Gasteiger partial charge >= 0.3 is 0 Å². The summed E-state index contributed by atoms with van der Waals surface area (Å²) < 4.78 is 81.2. The van der Waals surface area contributed by atoms with Gasteiger partial charge in [-0.15, -0.1) is 0 Å². The number of hydrogen-bond acceptors (Lipinski definition) is 3. The van der Waals surface area contributed by atoms with E-state index in [0.717, 1.165) is 77.3 Å². The summed E-state index contributed by atoms with van der Waals surface area (Å²) in [7, 11) is 0. The first-order valence-corrected chi connectivity index (χ1v) is 22.0. The predicted molar refractivity (Wildman–Crippen MR) is 262 cm³/mol. The summed E-state index contributed by atoms with van der Waals surface area (Å²) in [6, 6.07) is 59.8. The average Bonchev–Trinajstić information content (AvgIpc) is 3.92. The van der Waals surface area contributed by atoms with Crippen LogP contribution in [0.2, 0.25) is 0 Å². The highest BCUT2D eigenvalue weighted by molar-refractivity contribution is 6.13. The van der Waals surface area contributed by atoms with Gasteiger partial charge in [0.25, 0.3) is 0 Å². The first-order valence-electron chi connectivity index (χ1n) is 22.0. The van der Waals surface area contributed by atoms with E-state index in [1.165, 1.54) is 12.1 Å². The molecule has 0 aliphatic carbocycles. The van der Waals surface area contributed by atoms with Gasteiger partial charge in [0.15, 0.2) is 23.3 Å². The maximum absolute atomic E-state index is 16.1. The lowest BCUT2D eigenvalue weighted by atomic mass is 9.96. The van der Waals surface area contributed by atoms with Crippen molar-refractivity contribution in [2.24, 2.45) is 0 Å². The van der Waals surface area contributed by atoms with E-state index in [-0.39, 0.29) is 5.56 Å². The first kappa shape index (κ1) is 41.2. The van der Waals surface area contributed by atoms with Crippen LogP contribution in [0.15, 0.2) is 194 Å². The quantitative estimate of drug-likeness (QED) is 0.0909. The van der Waals surface area contributed by atoms with Crippen LogP contribution in [0.5, 0.6) is 0 Å². The van der Waals surface area contributed by atoms with Gasteiger partial charge in [-0.1, -0.05) is 133 Å². The molecule has 0 unspecified atom stereocenters. The van der Waals surface area contributed by atoms with Gasteiger partial charge < -0.3 is 9.13 Å². The van der Waals surface area contributed by atoms with Gasteiger partial charge in [0, 0.05) is 61.8 Å². The maximum atomic E-state index is 16.1. The molecule has 0 N–H and O–H groups in total. The van der Waals surface area contributed by atoms with Gasteiger partial charge in [0.1, 0.15) is 0 Å². The van der Waals surface area contributed by atoms with Crippen LogP contribution < -0.4 is 0 Å². The van der Waals surface area contributed by atoms with E-state index >= 15 is 17.6 Å². The molecule has 0 radical (unpaired) electrons. The molecule has 4 heterocycles. The third-order valence-corrected chi connectivity index (χ3v) is 12.9. The number of pyridine rings is 2. The van der Waals surface area contributed by atoms with Crippen LogP contribution in [0.3, 0.4) is 0 Å². The standard InChI is InChI=1S/C59H32F5N5/c60-53-52(54(61)56(63)57(64)55(53)62)45-32-51(69-47-22-10-8-18-42(47)44-26-24-37(30-49(44)69)40-20-12-28-67-59(40)35-15-5-2-6-16-35)50(31-38(45)33-65)68-46-21-9-7-17-41(46)43-25-23-36(29-48(43)68)39-19-11-27-66-58(39)34-13-3-1-4-14-34/h1-32H. The molecular weight excluding hydrogens is 874 g/mol. The molecule has 0 spiro atoms. The smallest absolute Gasteiger partial charge is 0.200 e. The molecule has 69 heavy (non-hydrogen) atoms. The topological polar surface area (TPSA) is 59.4 Å². The van der Waals surface area contributed by atoms with Crippen molar-refractivity contribution in [2.75, 3.05) is 0 Å². The lowest BCUT2D eigenvalue weighted by Crippen LogP contribution is -2.08. The summed E-state index contributed by atoms with van der Waals surface area (Å²) in [6.07, 6.45) is 3.48. The number of halogens is 5. The fourth-order valence-electron chi connectivity index (χ4n) is 9.80. The van der Waals surface area contributed by atoms with E-state index < -0.39 is 40.2 Å². The molecule has 0 aliphatic heterocycles. The number of hydrogen-bond donors (Lipinski definition) is 0. The van der Waals surface area contributed by atoms with Gasteiger partial charge in [-0.2, -0.15) is 5.26 Å². The molecular formula is C59H32F5N5. The number of nitrogens with zero attached hydrogens (tertiary/aromatic N) is 5. The summed E-state index contributed by atoms with van der Waals surface area (Å²) >= 11 is 0. The summed E-state index contributed by atoms with van der Waals surface area (Å²) in [5.41, 5.74) is 8.17. The zero-order chi connectivity index (χ0) is 46.9. The fraction of sp³-hybridized carbons (Fsp3) is 0. The van der Waals surface area contributed by atoms with Crippen molar-refractivity contribution in [1.82, 2.24) is 19.1 Å². The van der Waals surface area contributed by atoms with Crippen molar-refractivity contribution < 1.29 is 22.0 Å². The highest BCUT2D eigenvalue weighted by Crippen LogP contribution is 2.45. The molecule has 0 saturated heterocycles. The minimum Gasteiger partial charge on any atom is -0.307 e. The van der Waals surface area contributed by atoms with Crippen LogP contribution in [-0.2, 0) is 0 Å². The first-order chi connectivity index (χ1) is 33.8. The molecule has 12 rings (SSSR count). The molecule has 0 fully saturated rings. The van der Waals surface area contributed by atoms with E-state index in [4.69, 9.17) is 9.97 Å². The molecule has 0 aliphatic rings. The molecule has 0 bridgehead atoms. The van der Waals surface area contributed by atoms with Crippen LogP contribution in [-0.4, -0.2) is 19.1 Å². The zero-order valence-corrected chi connectivity index (χ0v) is 36.1. The van der Waals surface area contributed by atoms with Gasteiger partial charge in [-0.05, 0) is 59.7 Å². The average molecular weight is 906 g/mol. The Balaban J connectivity index is 1.21. The predicted octanol–water partition coefficient (Wildman–Crippen LogP) is 15.6. The number of fused-ring (bicyclic) bond motifs is 6. The Morgan fingerprint density at radius 3 is 1.26 bits per heavy atom. The largest absolute Gasteiger partial charge is 0.307 e. The van der Waals surface area contributed by atoms with Crippen molar-refractivity contribution in [1.29, 1.82) is 5.26 Å². The second-order valence-corrected chi connectivity index (χ2v) is 16.6. The van der Waals surface area contributed by atoms with E-state index in [9.17, 15) is 9.65 Å². The Morgan fingerprint density at radius 1 is 0.362 bits per heavy atom. The lowest BCUT2D eigenvalue weighted by molar-refractivity contribution is 0.381. The van der Waals surface area contributed by atoms with Gasteiger partial charge in [-0.3, -0.25) is 9.97 Å². The number of para-hydroxylation sites is 2. The maximum Gasteiger partial charge on any atom is 0.200 e. The van der Waals surface area contributed by atoms with Crippen molar-refractivity contribution in [3.05, 3.63) is 229 Å². The second-order valence-electron chi connectivity index (χ2n) is 16.6. The van der Waals surface area contributed by atoms with Crippen molar-refractivity contribution in [2.45, 2.75) is 0 Å². The third kappa shape index (κ3) is 6.50. The highest BCUT2D eigenvalue weighted by Gasteiger charge is 2.30. The van der Waals surface area contributed by atoms with E-state index in [2.05, 4.69) is 6.07 Å². The van der Waals surface area contributed by atoms with Crippen molar-refractivity contribution in [3.8, 4) is 73.3 Å². The summed E-state index contributed by atoms with van der Waals surface area (Å²) in [6.45, 7) is 0. The number of rotatable bonds is 7. The van der Waals surface area contributed by atoms with Gasteiger partial charge in [0.05, 0.1) is 62.0 Å². The van der Waals surface area contributed by atoms with Crippen LogP contribution in [0.1, 0.15) is 5.56 Å². The van der Waals surface area contributed by atoms with Crippen LogP contribution in [0.4, 0.5) is 22.0 Å².